The molecule has 0 aromatic heterocycles. The van der Waals surface area contributed by atoms with Gasteiger partial charge in [0.15, 0.2) is 18.0 Å². The van der Waals surface area contributed by atoms with Crippen molar-refractivity contribution >= 4 is 23.7 Å². The van der Waals surface area contributed by atoms with Crippen LogP contribution in [0, 0.1) is 22.2 Å². The van der Waals surface area contributed by atoms with Crippen molar-refractivity contribution in [2.45, 2.75) is 72.2 Å². The lowest BCUT2D eigenvalue weighted by Crippen LogP contribution is -2.59. The van der Waals surface area contributed by atoms with Gasteiger partial charge in [-0.2, -0.15) is 0 Å². The fourth-order valence-corrected chi connectivity index (χ4v) is 7.11. The molecular formula is C26H32O8. The Hall–Kier alpha value is -2.74. The maximum Gasteiger partial charge on any atom is 0.340 e. The zero-order valence-electron chi connectivity index (χ0n) is 20.7. The number of esters is 3. The fourth-order valence-electron chi connectivity index (χ4n) is 7.11. The number of aliphatic hydroxyl groups is 1. The van der Waals surface area contributed by atoms with Gasteiger partial charge in [0, 0.05) is 12.3 Å². The second-order valence-corrected chi connectivity index (χ2v) is 10.9. The summed E-state index contributed by atoms with van der Waals surface area (Å²) in [6.45, 7) is 14.3. The molecule has 34 heavy (non-hydrogen) atoms. The molecule has 1 saturated heterocycles. The van der Waals surface area contributed by atoms with Gasteiger partial charge in [-0.25, -0.2) is 4.79 Å². The molecule has 0 amide bonds. The predicted molar refractivity (Wildman–Crippen MR) is 120 cm³/mol. The molecule has 184 valence electrons. The number of hydrogen-bond acceptors (Lipinski definition) is 8. The molecule has 3 aliphatic carbocycles. The second-order valence-electron chi connectivity index (χ2n) is 10.9. The number of rotatable bonds is 2. The lowest BCUT2D eigenvalue weighted by molar-refractivity contribution is -0.180. The quantitative estimate of drug-likeness (QED) is 0.370. The number of allylic oxidation sites excluding steroid dienone is 2. The van der Waals surface area contributed by atoms with Gasteiger partial charge < -0.3 is 19.3 Å². The van der Waals surface area contributed by atoms with Crippen molar-refractivity contribution in [3.05, 3.63) is 34.9 Å². The van der Waals surface area contributed by atoms with Crippen molar-refractivity contribution in [3.8, 4) is 0 Å². The van der Waals surface area contributed by atoms with Crippen LogP contribution in [0.25, 0.3) is 0 Å². The molecule has 0 aromatic carbocycles. The Labute approximate surface area is 199 Å². The summed E-state index contributed by atoms with van der Waals surface area (Å²) in [5.74, 6) is -2.94. The van der Waals surface area contributed by atoms with Gasteiger partial charge in [-0.1, -0.05) is 25.2 Å². The van der Waals surface area contributed by atoms with Gasteiger partial charge in [-0.3, -0.25) is 14.4 Å². The first-order valence-corrected chi connectivity index (χ1v) is 11.4. The highest BCUT2D eigenvalue weighted by Gasteiger charge is 2.79. The molecule has 1 heterocycles. The standard InChI is InChI=1S/C26H32O8/c1-12-16-11-24(6)13(2)26(22(31)32-8,20(19(24)29)33-14(3)27)25(16,7)10-9-15-17(12)18(28)21(30)34-23(15,4)5/h9,16,18,20,28H,2,10-11H2,1,3-8H3/t16-,18-,20+,24-,25+,26+/m1/s1. The Morgan fingerprint density at radius 1 is 1.21 bits per heavy atom. The normalized spacial score (nSPS) is 40.5. The van der Waals surface area contributed by atoms with Crippen molar-refractivity contribution in [1.82, 2.24) is 0 Å². The van der Waals surface area contributed by atoms with Crippen molar-refractivity contribution in [1.29, 1.82) is 0 Å². The third kappa shape index (κ3) is 2.63. The van der Waals surface area contributed by atoms with Crippen molar-refractivity contribution < 1.29 is 38.5 Å². The molecule has 1 N–H and O–H groups in total. The molecule has 2 bridgehead atoms. The minimum Gasteiger partial charge on any atom is -0.468 e. The van der Waals surface area contributed by atoms with E-state index < -0.39 is 63.7 Å². The maximum atomic E-state index is 13.8. The highest BCUT2D eigenvalue weighted by atomic mass is 16.6. The average Bonchev–Trinajstić information content (AvgIpc) is 2.81. The molecule has 1 aliphatic heterocycles. The molecule has 8 nitrogen and oxygen atoms in total. The molecule has 0 spiro atoms. The SMILES string of the molecule is C=C1[C@@]2(C)C[C@@H]3C(C)=C4C(=CC[C@]3(C)[C@]1(C(=O)OC)[C@@H](OC(C)=O)C2=O)C(C)(C)OC(=O)[C@@H]4O. The summed E-state index contributed by atoms with van der Waals surface area (Å²) in [7, 11) is 1.24. The Morgan fingerprint density at radius 3 is 2.38 bits per heavy atom. The molecule has 0 aromatic rings. The summed E-state index contributed by atoms with van der Waals surface area (Å²) < 4.78 is 16.3. The number of aliphatic hydroxyl groups excluding tert-OH is 1. The molecule has 0 radical (unpaired) electrons. The Bertz CT molecular complexity index is 1110. The molecular weight excluding hydrogens is 440 g/mol. The first-order valence-electron chi connectivity index (χ1n) is 11.4. The summed E-state index contributed by atoms with van der Waals surface area (Å²) >= 11 is 0. The summed E-state index contributed by atoms with van der Waals surface area (Å²) in [5, 5.41) is 10.9. The van der Waals surface area contributed by atoms with E-state index in [2.05, 4.69) is 6.58 Å². The zero-order chi connectivity index (χ0) is 25.6. The number of ether oxygens (including phenoxy) is 3. The van der Waals surface area contributed by atoms with Crippen LogP contribution in [0.4, 0.5) is 0 Å². The van der Waals surface area contributed by atoms with Crippen molar-refractivity contribution in [2.75, 3.05) is 7.11 Å². The second kappa shape index (κ2) is 7.13. The van der Waals surface area contributed by atoms with E-state index in [1.807, 2.05) is 19.9 Å². The van der Waals surface area contributed by atoms with E-state index in [4.69, 9.17) is 14.2 Å². The van der Waals surface area contributed by atoms with Gasteiger partial charge >= 0.3 is 17.9 Å². The Balaban J connectivity index is 2.07. The number of carbonyl (C=O) groups is 4. The lowest BCUT2D eigenvalue weighted by atomic mass is 9.46. The monoisotopic (exact) mass is 472 g/mol. The number of carbonyl (C=O) groups excluding carboxylic acids is 4. The largest absolute Gasteiger partial charge is 0.468 e. The Kier molecular flexibility index (Phi) is 5.12. The third-order valence-electron chi connectivity index (χ3n) is 8.86. The van der Waals surface area contributed by atoms with E-state index in [1.165, 1.54) is 14.0 Å². The van der Waals surface area contributed by atoms with Crippen LogP contribution >= 0.6 is 0 Å². The summed E-state index contributed by atoms with van der Waals surface area (Å²) in [6.07, 6.45) is -0.445. The van der Waals surface area contributed by atoms with Crippen LogP contribution in [0.3, 0.4) is 0 Å². The number of hydrogen-bond donors (Lipinski definition) is 1. The van der Waals surface area contributed by atoms with Gasteiger partial charge in [0.1, 0.15) is 11.0 Å². The zero-order valence-corrected chi connectivity index (χ0v) is 20.7. The molecule has 8 heteroatoms. The summed E-state index contributed by atoms with van der Waals surface area (Å²) in [6, 6.07) is 0. The predicted octanol–water partition coefficient (Wildman–Crippen LogP) is 2.59. The Morgan fingerprint density at radius 2 is 1.82 bits per heavy atom. The van der Waals surface area contributed by atoms with Crippen LogP contribution in [0.2, 0.25) is 0 Å². The highest BCUT2D eigenvalue weighted by Crippen LogP contribution is 2.73. The molecule has 4 aliphatic rings. The van der Waals surface area contributed by atoms with E-state index in [-0.39, 0.29) is 12.8 Å². The summed E-state index contributed by atoms with van der Waals surface area (Å²) in [4.78, 5) is 52.1. The number of ketones is 1. The van der Waals surface area contributed by atoms with Crippen molar-refractivity contribution in [3.63, 3.8) is 0 Å². The fraction of sp³-hybridized carbons (Fsp3) is 0.615. The van der Waals surface area contributed by atoms with Crippen LogP contribution in [0.1, 0.15) is 54.4 Å². The van der Waals surface area contributed by atoms with Gasteiger partial charge in [0.05, 0.1) is 12.5 Å². The first-order chi connectivity index (χ1) is 15.6. The molecule has 0 unspecified atom stereocenters. The van der Waals surface area contributed by atoms with Crippen LogP contribution in [0.15, 0.2) is 34.9 Å². The first kappa shape index (κ1) is 24.4. The average molecular weight is 473 g/mol. The smallest absolute Gasteiger partial charge is 0.340 e. The number of cyclic esters (lactones) is 1. The number of fused-ring (bicyclic) bond motifs is 5. The van der Waals surface area contributed by atoms with E-state index in [9.17, 15) is 24.3 Å². The molecule has 4 rings (SSSR count). The maximum absolute atomic E-state index is 13.8. The summed E-state index contributed by atoms with van der Waals surface area (Å²) in [5.41, 5.74) is -2.63. The minimum atomic E-state index is -1.64. The number of methoxy groups -OCH3 is 1. The third-order valence-corrected chi connectivity index (χ3v) is 8.86. The van der Waals surface area contributed by atoms with E-state index in [0.717, 1.165) is 0 Å². The minimum absolute atomic E-state index is 0.275. The highest BCUT2D eigenvalue weighted by molar-refractivity contribution is 6.06. The van der Waals surface area contributed by atoms with Gasteiger partial charge in [0.2, 0.25) is 0 Å². The van der Waals surface area contributed by atoms with Crippen molar-refractivity contribution in [2.24, 2.45) is 22.2 Å². The van der Waals surface area contributed by atoms with Gasteiger partial charge in [0.25, 0.3) is 0 Å². The number of Topliss-reactive ketones (excluding diaryl/α,β-unsaturated/α-hetero) is 1. The van der Waals surface area contributed by atoms with Crippen LogP contribution < -0.4 is 0 Å². The molecule has 3 fully saturated rings. The van der Waals surface area contributed by atoms with Crippen LogP contribution in [-0.4, -0.2) is 53.7 Å². The van der Waals surface area contributed by atoms with E-state index in [1.54, 1.807) is 20.8 Å². The van der Waals surface area contributed by atoms with E-state index in [0.29, 0.717) is 22.3 Å². The van der Waals surface area contributed by atoms with E-state index >= 15 is 0 Å². The van der Waals surface area contributed by atoms with Crippen LogP contribution in [-0.2, 0) is 33.4 Å². The van der Waals surface area contributed by atoms with Gasteiger partial charge in [-0.05, 0) is 63.2 Å². The molecule has 6 atom stereocenters. The molecule has 2 saturated carbocycles. The lowest BCUT2D eigenvalue weighted by Gasteiger charge is -2.55. The van der Waals surface area contributed by atoms with Crippen LogP contribution in [0.5, 0.6) is 0 Å². The van der Waals surface area contributed by atoms with Gasteiger partial charge in [-0.15, -0.1) is 0 Å². The topological polar surface area (TPSA) is 116 Å².